The summed E-state index contributed by atoms with van der Waals surface area (Å²) in [6.07, 6.45) is 0. The van der Waals surface area contributed by atoms with Gasteiger partial charge in [0.05, 0.1) is 5.41 Å². The van der Waals surface area contributed by atoms with Crippen molar-refractivity contribution in [3.63, 3.8) is 0 Å². The maximum absolute atomic E-state index is 12.0. The van der Waals surface area contributed by atoms with Gasteiger partial charge in [-0.15, -0.1) is 0 Å². The van der Waals surface area contributed by atoms with Crippen molar-refractivity contribution in [3.05, 3.63) is 32.7 Å². The summed E-state index contributed by atoms with van der Waals surface area (Å²) in [4.78, 5) is 23.6. The van der Waals surface area contributed by atoms with Crippen LogP contribution >= 0.6 is 31.9 Å². The zero-order valence-electron chi connectivity index (χ0n) is 11.0. The van der Waals surface area contributed by atoms with Gasteiger partial charge in [-0.05, 0) is 32.0 Å². The Balaban J connectivity index is 2.73. The van der Waals surface area contributed by atoms with Crippen molar-refractivity contribution in [1.29, 1.82) is 0 Å². The van der Waals surface area contributed by atoms with E-state index in [1.54, 1.807) is 33.0 Å². The van der Waals surface area contributed by atoms with Crippen LogP contribution in [-0.4, -0.2) is 25.4 Å². The monoisotopic (exact) mass is 390 g/mol. The second-order valence-electron chi connectivity index (χ2n) is 4.80. The number of rotatable bonds is 4. The lowest BCUT2D eigenvalue weighted by molar-refractivity contribution is -0.128. The van der Waals surface area contributed by atoms with Crippen molar-refractivity contribution < 1.29 is 9.59 Å². The maximum Gasteiger partial charge on any atom is 0.251 e. The third-order valence-electron chi connectivity index (χ3n) is 2.66. The van der Waals surface area contributed by atoms with Gasteiger partial charge in [-0.3, -0.25) is 9.59 Å². The quantitative estimate of drug-likeness (QED) is 0.828. The van der Waals surface area contributed by atoms with Gasteiger partial charge < -0.3 is 10.6 Å². The van der Waals surface area contributed by atoms with Gasteiger partial charge in [0.2, 0.25) is 5.91 Å². The average Bonchev–Trinajstić information content (AvgIpc) is 2.33. The lowest BCUT2D eigenvalue weighted by Crippen LogP contribution is -2.43. The van der Waals surface area contributed by atoms with Crippen LogP contribution in [-0.2, 0) is 4.79 Å². The van der Waals surface area contributed by atoms with Crippen LogP contribution < -0.4 is 10.6 Å². The highest BCUT2D eigenvalue weighted by Crippen LogP contribution is 2.20. The topological polar surface area (TPSA) is 58.2 Å². The lowest BCUT2D eigenvalue weighted by Gasteiger charge is -2.22. The highest BCUT2D eigenvalue weighted by molar-refractivity contribution is 9.11. The lowest BCUT2D eigenvalue weighted by atomic mass is 9.92. The van der Waals surface area contributed by atoms with Crippen molar-refractivity contribution in [1.82, 2.24) is 10.6 Å². The third-order valence-corrected chi connectivity index (χ3v) is 3.57. The molecule has 0 heterocycles. The molecule has 19 heavy (non-hydrogen) atoms. The Morgan fingerprint density at radius 1 is 1.16 bits per heavy atom. The maximum atomic E-state index is 12.0. The highest BCUT2D eigenvalue weighted by atomic mass is 79.9. The molecule has 0 radical (unpaired) electrons. The van der Waals surface area contributed by atoms with Crippen molar-refractivity contribution in [2.75, 3.05) is 13.6 Å². The van der Waals surface area contributed by atoms with Gasteiger partial charge in [0.25, 0.3) is 5.91 Å². The van der Waals surface area contributed by atoms with E-state index in [2.05, 4.69) is 42.5 Å². The fourth-order valence-corrected chi connectivity index (χ4v) is 2.80. The zero-order chi connectivity index (χ0) is 14.6. The van der Waals surface area contributed by atoms with E-state index in [1.165, 1.54) is 0 Å². The molecule has 0 unspecified atom stereocenters. The number of amides is 2. The molecule has 0 saturated heterocycles. The molecule has 0 aliphatic rings. The van der Waals surface area contributed by atoms with E-state index in [-0.39, 0.29) is 18.4 Å². The van der Waals surface area contributed by atoms with Crippen LogP contribution in [0, 0.1) is 5.41 Å². The molecule has 0 aromatic heterocycles. The third kappa shape index (κ3) is 4.62. The molecule has 1 aromatic rings. The summed E-state index contributed by atoms with van der Waals surface area (Å²) in [6.45, 7) is 3.83. The Morgan fingerprint density at radius 2 is 1.68 bits per heavy atom. The van der Waals surface area contributed by atoms with Crippen LogP contribution in [0.5, 0.6) is 0 Å². The second-order valence-corrected chi connectivity index (χ2v) is 6.64. The van der Waals surface area contributed by atoms with Crippen molar-refractivity contribution >= 4 is 43.7 Å². The molecular weight excluding hydrogens is 376 g/mol. The minimum absolute atomic E-state index is 0.108. The van der Waals surface area contributed by atoms with Gasteiger partial charge >= 0.3 is 0 Å². The van der Waals surface area contributed by atoms with Crippen LogP contribution in [0.15, 0.2) is 27.1 Å². The van der Waals surface area contributed by atoms with Crippen LogP contribution in [0.25, 0.3) is 0 Å². The first-order valence-corrected chi connectivity index (χ1v) is 7.31. The van der Waals surface area contributed by atoms with E-state index in [4.69, 9.17) is 0 Å². The molecule has 0 saturated carbocycles. The smallest absolute Gasteiger partial charge is 0.251 e. The van der Waals surface area contributed by atoms with Crippen LogP contribution in [0.3, 0.4) is 0 Å². The van der Waals surface area contributed by atoms with Crippen molar-refractivity contribution in [2.45, 2.75) is 13.8 Å². The second kappa shape index (κ2) is 6.52. The van der Waals surface area contributed by atoms with Crippen molar-refractivity contribution in [2.24, 2.45) is 5.41 Å². The Bertz CT molecular complexity index is 481. The van der Waals surface area contributed by atoms with Gasteiger partial charge in [0, 0.05) is 28.1 Å². The predicted molar refractivity (Wildman–Crippen MR) is 82.0 cm³/mol. The molecular formula is C13H16Br2N2O2. The molecule has 4 nitrogen and oxygen atoms in total. The highest BCUT2D eigenvalue weighted by Gasteiger charge is 2.27. The molecule has 2 N–H and O–H groups in total. The Labute approximate surface area is 129 Å². The molecule has 0 spiro atoms. The molecule has 1 rings (SSSR count). The minimum Gasteiger partial charge on any atom is -0.359 e. The fraction of sp³-hybridized carbons (Fsp3) is 0.385. The molecule has 104 valence electrons. The first-order chi connectivity index (χ1) is 8.76. The molecule has 2 amide bonds. The first kappa shape index (κ1) is 16.2. The minimum atomic E-state index is -0.645. The molecule has 0 bridgehead atoms. The number of halogens is 2. The largest absolute Gasteiger partial charge is 0.359 e. The van der Waals surface area contributed by atoms with E-state index in [9.17, 15) is 9.59 Å². The summed E-state index contributed by atoms with van der Waals surface area (Å²) in [5.74, 6) is -0.317. The van der Waals surface area contributed by atoms with E-state index in [0.29, 0.717) is 5.56 Å². The number of carbonyl (C=O) groups is 2. The van der Waals surface area contributed by atoms with E-state index in [1.807, 2.05) is 6.07 Å². The van der Waals surface area contributed by atoms with Gasteiger partial charge in [0.1, 0.15) is 0 Å². The van der Waals surface area contributed by atoms with Gasteiger partial charge in [-0.25, -0.2) is 0 Å². The summed E-state index contributed by atoms with van der Waals surface area (Å²) in [6, 6.07) is 5.31. The number of carbonyl (C=O) groups excluding carboxylic acids is 2. The summed E-state index contributed by atoms with van der Waals surface area (Å²) in [5.41, 5.74) is -0.109. The van der Waals surface area contributed by atoms with Gasteiger partial charge in [0.15, 0.2) is 0 Å². The van der Waals surface area contributed by atoms with Crippen LogP contribution in [0.2, 0.25) is 0 Å². The summed E-state index contributed by atoms with van der Waals surface area (Å²) >= 11 is 6.66. The average molecular weight is 392 g/mol. The molecule has 1 aromatic carbocycles. The van der Waals surface area contributed by atoms with Crippen LogP contribution in [0.4, 0.5) is 0 Å². The Hall–Kier alpha value is -0.880. The summed E-state index contributed by atoms with van der Waals surface area (Å²) in [5, 5.41) is 5.35. The molecule has 0 atom stereocenters. The van der Waals surface area contributed by atoms with E-state index >= 15 is 0 Å². The number of hydrogen-bond acceptors (Lipinski definition) is 2. The number of nitrogens with one attached hydrogen (secondary N) is 2. The number of benzene rings is 1. The van der Waals surface area contributed by atoms with E-state index < -0.39 is 5.41 Å². The number of hydrogen-bond donors (Lipinski definition) is 2. The zero-order valence-corrected chi connectivity index (χ0v) is 14.2. The first-order valence-electron chi connectivity index (χ1n) is 5.73. The predicted octanol–water partition coefficient (Wildman–Crippen LogP) is 2.71. The standard InChI is InChI=1S/C13H16Br2N2O2/c1-13(2,12(19)16-3)7-17-11(18)8-4-9(14)6-10(15)5-8/h4-6H,7H2,1-3H3,(H,16,19)(H,17,18). The molecule has 6 heteroatoms. The summed E-state index contributed by atoms with van der Waals surface area (Å²) < 4.78 is 1.63. The Kier molecular flexibility index (Phi) is 5.55. The summed E-state index contributed by atoms with van der Waals surface area (Å²) in [7, 11) is 1.58. The molecule has 0 aliphatic heterocycles. The fourth-order valence-electron chi connectivity index (χ4n) is 1.51. The van der Waals surface area contributed by atoms with Crippen LogP contribution in [0.1, 0.15) is 24.2 Å². The molecule has 0 aliphatic carbocycles. The normalized spacial score (nSPS) is 11.0. The Morgan fingerprint density at radius 3 is 2.16 bits per heavy atom. The molecule has 0 fully saturated rings. The van der Waals surface area contributed by atoms with Gasteiger partial charge in [-0.1, -0.05) is 31.9 Å². The van der Waals surface area contributed by atoms with Gasteiger partial charge in [-0.2, -0.15) is 0 Å². The SMILES string of the molecule is CNC(=O)C(C)(C)CNC(=O)c1cc(Br)cc(Br)c1. The van der Waals surface area contributed by atoms with Crippen molar-refractivity contribution in [3.8, 4) is 0 Å². The van der Waals surface area contributed by atoms with E-state index in [0.717, 1.165) is 8.95 Å².